The van der Waals surface area contributed by atoms with Crippen molar-refractivity contribution in [2.24, 2.45) is 22.7 Å². The summed E-state index contributed by atoms with van der Waals surface area (Å²) in [5.41, 5.74) is 4.80. The first kappa shape index (κ1) is 35.5. The summed E-state index contributed by atoms with van der Waals surface area (Å²) in [6.07, 6.45) is 8.75. The van der Waals surface area contributed by atoms with Gasteiger partial charge in [0.1, 0.15) is 18.6 Å². The van der Waals surface area contributed by atoms with Crippen molar-refractivity contribution in [3.8, 4) is 0 Å². The van der Waals surface area contributed by atoms with Crippen LogP contribution in [0.2, 0.25) is 0 Å². The second-order valence-electron chi connectivity index (χ2n) is 19.7. The fourth-order valence-corrected chi connectivity index (χ4v) is 11.9. The predicted molar refractivity (Wildman–Crippen MR) is 224 cm³/mol. The third-order valence-corrected chi connectivity index (χ3v) is 15.5. The van der Waals surface area contributed by atoms with Crippen LogP contribution in [-0.4, -0.2) is 51.1 Å². The van der Waals surface area contributed by atoms with E-state index in [1.54, 1.807) is 0 Å². The van der Waals surface area contributed by atoms with Gasteiger partial charge in [0, 0.05) is 45.1 Å². The summed E-state index contributed by atoms with van der Waals surface area (Å²) in [4.78, 5) is 37.2. The maximum Gasteiger partial charge on any atom is 0.238 e. The van der Waals surface area contributed by atoms with E-state index in [-0.39, 0.29) is 33.7 Å². The molecule has 4 aromatic carbocycles. The Morgan fingerprint density at radius 2 is 1.15 bits per heavy atom. The van der Waals surface area contributed by atoms with Crippen LogP contribution in [0.1, 0.15) is 104 Å². The smallest absolute Gasteiger partial charge is 0.238 e. The minimum atomic E-state index is -0.799. The van der Waals surface area contributed by atoms with Crippen molar-refractivity contribution in [1.82, 2.24) is 4.58 Å². The van der Waals surface area contributed by atoms with E-state index in [9.17, 15) is 9.59 Å². The van der Waals surface area contributed by atoms with E-state index in [4.69, 9.17) is 0 Å². The summed E-state index contributed by atoms with van der Waals surface area (Å²) in [5.74, 6) is 0.440. The molecule has 6 nitrogen and oxygen atoms in total. The second-order valence-corrected chi connectivity index (χ2v) is 19.7. The first-order valence-corrected chi connectivity index (χ1v) is 20.5. The monoisotopic (exact) mass is 723 g/mol. The van der Waals surface area contributed by atoms with Crippen molar-refractivity contribution in [3.05, 3.63) is 76.8 Å². The van der Waals surface area contributed by atoms with Crippen molar-refractivity contribution >= 4 is 55.7 Å². The standard InChI is InChI=1S/C48H59N4O2/c1-45(2,3)31-21-25-47(26-22-31)49(7)35-15-11-13-29-17-19-33(41(37(29)35)51(47)9)39-43(53)40(44(39)54)34-20-18-30-14-12-16-36-38(30)42(34)52(10)48(50(36)8)27-23-32(24-28-48)46(4,5)6/h11-20,31-32,39H,21-28H2,1-10H3/q+1. The Morgan fingerprint density at radius 3 is 1.72 bits per heavy atom. The summed E-state index contributed by atoms with van der Waals surface area (Å²) >= 11 is 0. The lowest BCUT2D eigenvalue weighted by Gasteiger charge is -2.58. The van der Waals surface area contributed by atoms with E-state index in [0.29, 0.717) is 17.4 Å². The number of hydrogen-bond acceptors (Lipinski definition) is 5. The summed E-state index contributed by atoms with van der Waals surface area (Å²) in [7, 11) is 8.92. The number of carbonyl (C=O) groups excluding carboxylic acids is 2. The molecule has 2 heterocycles. The second kappa shape index (κ2) is 11.7. The van der Waals surface area contributed by atoms with Gasteiger partial charge in [-0.25, -0.2) is 4.58 Å². The predicted octanol–water partition coefficient (Wildman–Crippen LogP) is 8.40. The zero-order valence-electron chi connectivity index (χ0n) is 34.3. The van der Waals surface area contributed by atoms with Gasteiger partial charge in [0.2, 0.25) is 11.0 Å². The Hall–Kier alpha value is -4.19. The van der Waals surface area contributed by atoms with Crippen molar-refractivity contribution in [2.45, 2.75) is 110 Å². The first-order chi connectivity index (χ1) is 25.5. The number of anilines is 3. The molecular formula is C48H59N4O2+. The van der Waals surface area contributed by atoms with E-state index in [2.05, 4.69) is 150 Å². The maximum absolute atomic E-state index is 14.9. The number of ketones is 2. The third kappa shape index (κ3) is 4.67. The van der Waals surface area contributed by atoms with Gasteiger partial charge in [-0.05, 0) is 95.7 Å². The molecule has 0 radical (unpaired) electrons. The highest BCUT2D eigenvalue weighted by Crippen LogP contribution is 2.55. The van der Waals surface area contributed by atoms with Crippen LogP contribution >= 0.6 is 0 Å². The van der Waals surface area contributed by atoms with Crippen molar-refractivity contribution in [2.75, 3.05) is 42.9 Å². The minimum absolute atomic E-state index is 0.0446. The third-order valence-electron chi connectivity index (χ3n) is 15.5. The van der Waals surface area contributed by atoms with Crippen molar-refractivity contribution in [3.63, 3.8) is 0 Å². The van der Waals surface area contributed by atoms with Gasteiger partial charge >= 0.3 is 0 Å². The van der Waals surface area contributed by atoms with E-state index in [1.165, 1.54) is 11.4 Å². The Balaban J connectivity index is 1.19. The van der Waals surface area contributed by atoms with Crippen molar-refractivity contribution < 1.29 is 9.59 Å². The van der Waals surface area contributed by atoms with E-state index in [1.807, 2.05) is 0 Å². The lowest BCUT2D eigenvalue weighted by atomic mass is 9.67. The Labute approximate surface area is 321 Å². The number of hydrogen-bond donors (Lipinski definition) is 0. The molecule has 3 fully saturated rings. The molecule has 0 unspecified atom stereocenters. The highest BCUT2D eigenvalue weighted by atomic mass is 16.2. The number of nitrogens with zero attached hydrogens (tertiary/aromatic N) is 4. The summed E-state index contributed by atoms with van der Waals surface area (Å²) in [5, 5.41) is 6.42. The SMILES string of the molecule is CN1c2cccc3ccc(C4C(=O)C(=c5ccc6cccc7c6c5=[N+](C)C5(CCC(C(C)(C)C)CC5)N7C)C4=O)c(c23)N(C)C12CCC(C(C)(C)C)CC2. The normalized spacial score (nSPS) is 28.6. The molecular weight excluding hydrogens is 665 g/mol. The van der Waals surface area contributed by atoms with Gasteiger partial charge in [-0.2, -0.15) is 0 Å². The van der Waals surface area contributed by atoms with E-state index < -0.39 is 5.92 Å². The Kier molecular flexibility index (Phi) is 7.67. The van der Waals surface area contributed by atoms with Crippen LogP contribution in [0.3, 0.4) is 0 Å². The van der Waals surface area contributed by atoms with Gasteiger partial charge in [0.05, 0.1) is 27.6 Å². The molecule has 9 rings (SSSR count). The summed E-state index contributed by atoms with van der Waals surface area (Å²) in [6, 6.07) is 21.5. The molecule has 0 N–H and O–H groups in total. The minimum Gasteiger partial charge on any atom is -0.351 e. The molecule has 4 aromatic rings. The van der Waals surface area contributed by atoms with Gasteiger partial charge in [-0.3, -0.25) is 9.59 Å². The molecule has 3 aliphatic carbocycles. The molecule has 6 heteroatoms. The molecule has 2 spiro atoms. The first-order valence-electron chi connectivity index (χ1n) is 20.5. The van der Waals surface area contributed by atoms with Gasteiger partial charge in [0.15, 0.2) is 11.6 Å². The van der Waals surface area contributed by atoms with Crippen LogP contribution in [0, 0.1) is 22.7 Å². The topological polar surface area (TPSA) is 46.9 Å². The molecule has 54 heavy (non-hydrogen) atoms. The van der Waals surface area contributed by atoms with Crippen LogP contribution in [0.5, 0.6) is 0 Å². The van der Waals surface area contributed by atoms with E-state index in [0.717, 1.165) is 94.7 Å². The molecule has 5 aliphatic rings. The molecule has 0 bridgehead atoms. The molecule has 0 aromatic heterocycles. The maximum atomic E-state index is 14.9. The van der Waals surface area contributed by atoms with Crippen LogP contribution in [0.4, 0.5) is 17.1 Å². The summed E-state index contributed by atoms with van der Waals surface area (Å²) in [6.45, 7) is 14.2. The Bertz CT molecular complexity index is 2380. The number of Topliss-reactive ketones (excluding diaryl/α,β-unsaturated/α-hetero) is 2. The van der Waals surface area contributed by atoms with Crippen molar-refractivity contribution in [1.29, 1.82) is 0 Å². The molecule has 3 saturated carbocycles. The fraction of sp³-hybridized carbons (Fsp3) is 0.521. The number of benzene rings is 4. The molecule has 0 atom stereocenters. The Morgan fingerprint density at radius 1 is 0.630 bits per heavy atom. The average Bonchev–Trinajstić information content (AvgIpc) is 3.14. The highest BCUT2D eigenvalue weighted by molar-refractivity contribution is 6.59. The van der Waals surface area contributed by atoms with Gasteiger partial charge < -0.3 is 14.7 Å². The lowest BCUT2D eigenvalue weighted by molar-refractivity contribution is -0.129. The fourth-order valence-electron chi connectivity index (χ4n) is 11.9. The van der Waals surface area contributed by atoms with Gasteiger partial charge in [-0.15, -0.1) is 0 Å². The highest BCUT2D eigenvalue weighted by Gasteiger charge is 2.54. The molecule has 2 aliphatic heterocycles. The van der Waals surface area contributed by atoms with Gasteiger partial charge in [-0.1, -0.05) is 84.0 Å². The largest absolute Gasteiger partial charge is 0.351 e. The van der Waals surface area contributed by atoms with Crippen LogP contribution in [-0.2, 0) is 9.59 Å². The molecule has 282 valence electrons. The number of rotatable bonds is 1. The quantitative estimate of drug-likeness (QED) is 0.146. The summed E-state index contributed by atoms with van der Waals surface area (Å²) < 4.78 is 2.45. The van der Waals surface area contributed by atoms with Crippen LogP contribution < -0.4 is 29.9 Å². The number of carbonyl (C=O) groups is 2. The average molecular weight is 724 g/mol. The van der Waals surface area contributed by atoms with Crippen LogP contribution in [0.15, 0.2) is 60.7 Å². The van der Waals surface area contributed by atoms with Gasteiger partial charge in [0.25, 0.3) is 0 Å². The van der Waals surface area contributed by atoms with Crippen LogP contribution in [0.25, 0.3) is 27.1 Å². The molecule has 0 saturated heterocycles. The molecule has 0 amide bonds. The zero-order valence-corrected chi connectivity index (χ0v) is 34.3. The van der Waals surface area contributed by atoms with E-state index >= 15 is 0 Å². The zero-order chi connectivity index (χ0) is 38.3. The lowest BCUT2D eigenvalue weighted by Crippen LogP contribution is -2.66.